The van der Waals surface area contributed by atoms with Crippen LogP contribution in [0, 0.1) is 11.3 Å². The van der Waals surface area contributed by atoms with Gasteiger partial charge >= 0.3 is 5.97 Å². The van der Waals surface area contributed by atoms with E-state index in [1.807, 2.05) is 0 Å². The number of thioether (sulfide) groups is 1. The molecule has 0 saturated carbocycles. The molecular weight excluding hydrogens is 388 g/mol. The zero-order valence-corrected chi connectivity index (χ0v) is 16.5. The fourth-order valence-corrected chi connectivity index (χ4v) is 4.12. The molecule has 2 aliphatic rings. The van der Waals surface area contributed by atoms with Gasteiger partial charge in [-0.2, -0.15) is 5.26 Å². The molecule has 0 spiro atoms. The maximum absolute atomic E-state index is 12.7. The molecule has 2 aliphatic heterocycles. The van der Waals surface area contributed by atoms with Crippen molar-refractivity contribution in [2.45, 2.75) is 19.9 Å². The van der Waals surface area contributed by atoms with Gasteiger partial charge < -0.3 is 15.2 Å². The highest BCUT2D eigenvalue weighted by molar-refractivity contribution is 8.17. The second-order valence-electron chi connectivity index (χ2n) is 5.70. The molecule has 9 heteroatoms. The first kappa shape index (κ1) is 19.1. The van der Waals surface area contributed by atoms with E-state index in [9.17, 15) is 10.1 Å². The molecule has 0 amide bonds. The van der Waals surface area contributed by atoms with Crippen molar-refractivity contribution in [3.63, 3.8) is 0 Å². The van der Waals surface area contributed by atoms with Crippen LogP contribution in [0.15, 0.2) is 45.2 Å². The highest BCUT2D eigenvalue weighted by atomic mass is 35.5. The van der Waals surface area contributed by atoms with Crippen molar-refractivity contribution in [3.05, 3.63) is 50.8 Å². The minimum atomic E-state index is -0.677. The van der Waals surface area contributed by atoms with Gasteiger partial charge in [0.05, 0.1) is 25.0 Å². The minimum absolute atomic E-state index is 0.217. The third-order valence-electron chi connectivity index (χ3n) is 4.16. The summed E-state index contributed by atoms with van der Waals surface area (Å²) in [4.78, 5) is 19.2. The Bertz CT molecular complexity index is 948. The molecule has 1 atom stereocenters. The lowest BCUT2D eigenvalue weighted by molar-refractivity contribution is -0.139. The van der Waals surface area contributed by atoms with Crippen molar-refractivity contribution in [1.82, 2.24) is 4.90 Å². The Morgan fingerprint density at radius 2 is 2.26 bits per heavy atom. The van der Waals surface area contributed by atoms with Crippen LogP contribution >= 0.6 is 23.4 Å². The molecule has 7 nitrogen and oxygen atoms in total. The number of allylic oxidation sites excluding steroid dienone is 2. The smallest absolute Gasteiger partial charge is 0.338 e. The fraction of sp³-hybridized carbons (Fsp3) is 0.278. The first-order chi connectivity index (χ1) is 12.9. The summed E-state index contributed by atoms with van der Waals surface area (Å²) in [6, 6.07) is 6.52. The largest absolute Gasteiger partial charge is 0.496 e. The van der Waals surface area contributed by atoms with E-state index in [4.69, 9.17) is 26.8 Å². The van der Waals surface area contributed by atoms with Crippen LogP contribution in [0.5, 0.6) is 5.75 Å². The van der Waals surface area contributed by atoms with Gasteiger partial charge in [0.1, 0.15) is 28.6 Å². The topological polar surface area (TPSA) is 101 Å². The Morgan fingerprint density at radius 1 is 1.52 bits per heavy atom. The fourth-order valence-electron chi connectivity index (χ4n) is 3.02. The Balaban J connectivity index is 2.26. The van der Waals surface area contributed by atoms with Crippen molar-refractivity contribution in [2.75, 3.05) is 13.7 Å². The quantitative estimate of drug-likeness (QED) is 0.768. The number of carbonyl (C=O) groups excluding carboxylic acids is 1. The molecule has 1 aromatic rings. The van der Waals surface area contributed by atoms with E-state index < -0.39 is 12.0 Å². The second kappa shape index (κ2) is 7.55. The lowest BCUT2D eigenvalue weighted by atomic mass is 9.93. The van der Waals surface area contributed by atoms with Gasteiger partial charge in [-0.1, -0.05) is 11.6 Å². The average Bonchev–Trinajstić information content (AvgIpc) is 2.96. The monoisotopic (exact) mass is 404 g/mol. The maximum Gasteiger partial charge on any atom is 0.338 e. The number of aliphatic imine (C=N–C) groups is 1. The Hall–Kier alpha value is -2.63. The number of hydrogen-bond acceptors (Lipinski definition) is 8. The number of nitrogens with zero attached hydrogens (tertiary/aromatic N) is 3. The molecule has 0 aliphatic carbocycles. The second-order valence-corrected chi connectivity index (χ2v) is 7.11. The number of halogens is 1. The van der Waals surface area contributed by atoms with Crippen molar-refractivity contribution in [3.8, 4) is 11.8 Å². The Labute approximate surface area is 166 Å². The molecule has 2 N–H and O–H groups in total. The van der Waals surface area contributed by atoms with Gasteiger partial charge in [0.2, 0.25) is 0 Å². The number of methoxy groups -OCH3 is 1. The lowest BCUT2D eigenvalue weighted by Crippen LogP contribution is -2.39. The number of hydrogen-bond donors (Lipinski definition) is 1. The molecule has 0 aromatic heterocycles. The summed E-state index contributed by atoms with van der Waals surface area (Å²) in [5.74, 6) is 0.249. The maximum atomic E-state index is 12.7. The minimum Gasteiger partial charge on any atom is -0.496 e. The van der Waals surface area contributed by atoms with Crippen molar-refractivity contribution in [1.29, 1.82) is 5.26 Å². The van der Waals surface area contributed by atoms with E-state index in [-0.39, 0.29) is 12.4 Å². The van der Waals surface area contributed by atoms with Crippen molar-refractivity contribution < 1.29 is 14.3 Å². The molecule has 0 fully saturated rings. The molecule has 27 heavy (non-hydrogen) atoms. The summed E-state index contributed by atoms with van der Waals surface area (Å²) >= 11 is 7.37. The van der Waals surface area contributed by atoms with Gasteiger partial charge in [0.25, 0.3) is 0 Å². The summed E-state index contributed by atoms with van der Waals surface area (Å²) in [5.41, 5.74) is 7.66. The lowest BCUT2D eigenvalue weighted by Gasteiger charge is -2.35. The third kappa shape index (κ3) is 3.24. The summed E-state index contributed by atoms with van der Waals surface area (Å²) < 4.78 is 10.7. The van der Waals surface area contributed by atoms with E-state index in [0.29, 0.717) is 37.7 Å². The Kier molecular flexibility index (Phi) is 5.35. The Morgan fingerprint density at radius 3 is 2.89 bits per heavy atom. The summed E-state index contributed by atoms with van der Waals surface area (Å²) in [6.45, 7) is 3.67. The van der Waals surface area contributed by atoms with Gasteiger partial charge in [0.15, 0.2) is 5.17 Å². The van der Waals surface area contributed by atoms with Crippen LogP contribution in [-0.4, -0.2) is 29.8 Å². The summed E-state index contributed by atoms with van der Waals surface area (Å²) in [7, 11) is 1.53. The van der Waals surface area contributed by atoms with E-state index in [0.717, 1.165) is 11.8 Å². The van der Waals surface area contributed by atoms with Crippen LogP contribution in [0.3, 0.4) is 0 Å². The van der Waals surface area contributed by atoms with Crippen LogP contribution in [0.1, 0.15) is 25.5 Å². The first-order valence-electron chi connectivity index (χ1n) is 8.09. The van der Waals surface area contributed by atoms with E-state index in [1.54, 1.807) is 36.9 Å². The highest BCUT2D eigenvalue weighted by Gasteiger charge is 2.43. The zero-order valence-electron chi connectivity index (χ0n) is 14.9. The van der Waals surface area contributed by atoms with Crippen LogP contribution in [0.4, 0.5) is 0 Å². The molecule has 0 unspecified atom stereocenters. The molecule has 3 rings (SSSR count). The number of nitriles is 1. The number of rotatable bonds is 4. The van der Waals surface area contributed by atoms with Crippen molar-refractivity contribution in [2.24, 2.45) is 10.7 Å². The van der Waals surface area contributed by atoms with Crippen LogP contribution in [0.25, 0.3) is 0 Å². The number of nitrogens with two attached hydrogens (primary N) is 1. The predicted molar refractivity (Wildman–Crippen MR) is 104 cm³/mol. The number of amidine groups is 1. The van der Waals surface area contributed by atoms with Gasteiger partial charge in [-0.15, -0.1) is 0 Å². The van der Waals surface area contributed by atoms with E-state index >= 15 is 0 Å². The molecular formula is C18H17ClN4O3S. The van der Waals surface area contributed by atoms with Crippen molar-refractivity contribution >= 4 is 34.5 Å². The molecule has 0 saturated heterocycles. The van der Waals surface area contributed by atoms with Crippen LogP contribution < -0.4 is 10.5 Å². The number of fused-ring (bicyclic) bond motifs is 1. The number of ether oxygens (including phenoxy) is 2. The molecule has 140 valence electrons. The average molecular weight is 405 g/mol. The molecule has 2 heterocycles. The number of carbonyl (C=O) groups is 1. The normalized spacial score (nSPS) is 18.9. The SMILES string of the molecule is CCOC(=O)C1=C(C)N=C2SC(C#N)=C(N)N2[C@@H]1c1cc(Cl)ccc1OC. The van der Waals surface area contributed by atoms with Crippen LogP contribution in [0.2, 0.25) is 5.02 Å². The van der Waals surface area contributed by atoms with Gasteiger partial charge in [-0.3, -0.25) is 4.90 Å². The predicted octanol–water partition coefficient (Wildman–Crippen LogP) is 3.30. The number of esters is 1. The zero-order chi connectivity index (χ0) is 19.7. The van der Waals surface area contributed by atoms with Gasteiger partial charge in [-0.05, 0) is 43.8 Å². The highest BCUT2D eigenvalue weighted by Crippen LogP contribution is 2.47. The van der Waals surface area contributed by atoms with Crippen LogP contribution in [-0.2, 0) is 9.53 Å². The standard InChI is InChI=1S/C18H17ClN4O3S/c1-4-26-17(24)14-9(2)22-18-23(16(21)13(8-20)27-18)15(14)11-7-10(19)5-6-12(11)25-3/h5-7,15H,4,21H2,1-3H3/t15-/m1/s1. The third-order valence-corrected chi connectivity index (χ3v) is 5.37. The van der Waals surface area contributed by atoms with E-state index in [2.05, 4.69) is 11.1 Å². The van der Waals surface area contributed by atoms with E-state index in [1.165, 1.54) is 7.11 Å². The first-order valence-corrected chi connectivity index (χ1v) is 9.29. The summed E-state index contributed by atoms with van der Waals surface area (Å²) in [6.07, 6.45) is 0. The van der Waals surface area contributed by atoms with Gasteiger partial charge in [-0.25, -0.2) is 9.79 Å². The number of benzene rings is 1. The molecule has 1 aromatic carbocycles. The molecule has 0 radical (unpaired) electrons. The summed E-state index contributed by atoms with van der Waals surface area (Å²) in [5, 5.41) is 10.4. The molecule has 0 bridgehead atoms. The van der Waals surface area contributed by atoms with Gasteiger partial charge in [0, 0.05) is 10.6 Å².